The van der Waals surface area contributed by atoms with Crippen LogP contribution in [0, 0.1) is 13.8 Å². The maximum Gasteiger partial charge on any atom is 0.0473 e. The summed E-state index contributed by atoms with van der Waals surface area (Å²) in [6, 6.07) is 7.09. The van der Waals surface area contributed by atoms with Crippen LogP contribution in [0.3, 0.4) is 0 Å². The lowest BCUT2D eigenvalue weighted by Gasteiger charge is -2.34. The Morgan fingerprint density at radius 1 is 1.29 bits per heavy atom. The molecule has 1 aromatic rings. The van der Waals surface area contributed by atoms with Gasteiger partial charge in [-0.15, -0.1) is 0 Å². The van der Waals surface area contributed by atoms with Crippen molar-refractivity contribution in [1.29, 1.82) is 0 Å². The molecule has 3 heteroatoms. The van der Waals surface area contributed by atoms with Crippen molar-refractivity contribution in [3.05, 3.63) is 34.9 Å². The SMILES string of the molecule is Cc1ccc(C)c(C(CN)N2CCSCC2)c1. The highest BCUT2D eigenvalue weighted by Gasteiger charge is 2.22. The fourth-order valence-corrected chi connectivity index (χ4v) is 3.41. The lowest BCUT2D eigenvalue weighted by atomic mass is 9.97. The molecule has 0 aliphatic carbocycles. The summed E-state index contributed by atoms with van der Waals surface area (Å²) in [5, 5.41) is 0. The Labute approximate surface area is 109 Å². The van der Waals surface area contributed by atoms with Crippen LogP contribution in [0.15, 0.2) is 18.2 Å². The number of aryl methyl sites for hydroxylation is 2. The molecule has 2 nitrogen and oxygen atoms in total. The topological polar surface area (TPSA) is 29.3 Å². The largest absolute Gasteiger partial charge is 0.329 e. The van der Waals surface area contributed by atoms with E-state index in [1.807, 2.05) is 11.8 Å². The molecule has 2 N–H and O–H groups in total. The number of thioether (sulfide) groups is 1. The van der Waals surface area contributed by atoms with Gasteiger partial charge in [-0.2, -0.15) is 11.8 Å². The van der Waals surface area contributed by atoms with Crippen molar-refractivity contribution in [2.24, 2.45) is 5.73 Å². The Morgan fingerprint density at radius 3 is 2.65 bits per heavy atom. The number of hydrogen-bond donors (Lipinski definition) is 1. The Morgan fingerprint density at radius 2 is 2.00 bits per heavy atom. The molecule has 1 aromatic carbocycles. The van der Waals surface area contributed by atoms with Gasteiger partial charge >= 0.3 is 0 Å². The van der Waals surface area contributed by atoms with E-state index < -0.39 is 0 Å². The normalized spacial score (nSPS) is 19.2. The minimum atomic E-state index is 0.399. The standard InChI is InChI=1S/C14H22N2S/c1-11-3-4-12(2)13(9-11)14(10-15)16-5-7-17-8-6-16/h3-4,9,14H,5-8,10,15H2,1-2H3. The van der Waals surface area contributed by atoms with Crippen LogP contribution in [0.2, 0.25) is 0 Å². The molecule has 1 saturated heterocycles. The summed E-state index contributed by atoms with van der Waals surface area (Å²) >= 11 is 2.05. The maximum atomic E-state index is 6.01. The quantitative estimate of drug-likeness (QED) is 0.893. The highest BCUT2D eigenvalue weighted by atomic mass is 32.2. The predicted octanol–water partition coefficient (Wildman–Crippen LogP) is 2.35. The van der Waals surface area contributed by atoms with E-state index in [1.54, 1.807) is 0 Å². The Hall–Kier alpha value is -0.510. The smallest absolute Gasteiger partial charge is 0.0473 e. The summed E-state index contributed by atoms with van der Waals surface area (Å²) in [4.78, 5) is 2.54. The van der Waals surface area contributed by atoms with Crippen LogP contribution in [0.25, 0.3) is 0 Å². The summed E-state index contributed by atoms with van der Waals surface area (Å²) in [6.45, 7) is 7.40. The molecule has 0 amide bonds. The molecule has 1 fully saturated rings. The number of rotatable bonds is 3. The van der Waals surface area contributed by atoms with E-state index in [9.17, 15) is 0 Å². The van der Waals surface area contributed by atoms with Gasteiger partial charge in [-0.05, 0) is 25.0 Å². The Balaban J connectivity index is 2.24. The van der Waals surface area contributed by atoms with Crippen LogP contribution in [0.5, 0.6) is 0 Å². The third-order valence-electron chi connectivity index (χ3n) is 3.50. The van der Waals surface area contributed by atoms with Crippen LogP contribution < -0.4 is 5.73 Å². The Bertz CT molecular complexity index is 372. The van der Waals surface area contributed by atoms with Gasteiger partial charge in [-0.3, -0.25) is 4.90 Å². The van der Waals surface area contributed by atoms with Gasteiger partial charge in [0.05, 0.1) is 0 Å². The van der Waals surface area contributed by atoms with Gasteiger partial charge in [0.25, 0.3) is 0 Å². The van der Waals surface area contributed by atoms with Gasteiger partial charge < -0.3 is 5.73 Å². The van der Waals surface area contributed by atoms with Crippen molar-refractivity contribution in [2.45, 2.75) is 19.9 Å². The summed E-state index contributed by atoms with van der Waals surface area (Å²) in [7, 11) is 0. The van der Waals surface area contributed by atoms with Crippen LogP contribution in [0.1, 0.15) is 22.7 Å². The zero-order valence-corrected chi connectivity index (χ0v) is 11.6. The van der Waals surface area contributed by atoms with E-state index in [-0.39, 0.29) is 0 Å². The number of benzene rings is 1. The van der Waals surface area contributed by atoms with Crippen molar-refractivity contribution in [3.63, 3.8) is 0 Å². The first-order chi connectivity index (χ1) is 8.22. The zero-order chi connectivity index (χ0) is 12.3. The second kappa shape index (κ2) is 5.89. The first kappa shape index (κ1) is 12.9. The van der Waals surface area contributed by atoms with Gasteiger partial charge in [-0.1, -0.05) is 23.8 Å². The minimum absolute atomic E-state index is 0.399. The molecule has 17 heavy (non-hydrogen) atoms. The molecule has 0 bridgehead atoms. The third-order valence-corrected chi connectivity index (χ3v) is 4.45. The van der Waals surface area contributed by atoms with E-state index in [0.717, 1.165) is 6.54 Å². The van der Waals surface area contributed by atoms with Crippen LogP contribution >= 0.6 is 11.8 Å². The van der Waals surface area contributed by atoms with Gasteiger partial charge in [0.2, 0.25) is 0 Å². The minimum Gasteiger partial charge on any atom is -0.329 e. The van der Waals surface area contributed by atoms with Crippen LogP contribution in [-0.4, -0.2) is 36.0 Å². The lowest BCUT2D eigenvalue weighted by molar-refractivity contribution is 0.222. The fraction of sp³-hybridized carbons (Fsp3) is 0.571. The monoisotopic (exact) mass is 250 g/mol. The van der Waals surface area contributed by atoms with E-state index in [4.69, 9.17) is 5.73 Å². The molecule has 0 aromatic heterocycles. The second-order valence-corrected chi connectivity index (χ2v) is 5.98. The first-order valence-corrected chi connectivity index (χ1v) is 7.47. The van der Waals surface area contributed by atoms with Crippen molar-refractivity contribution in [3.8, 4) is 0 Å². The van der Waals surface area contributed by atoms with Gasteiger partial charge in [-0.25, -0.2) is 0 Å². The maximum absolute atomic E-state index is 6.01. The molecule has 0 radical (unpaired) electrons. The molecule has 1 unspecified atom stereocenters. The molecule has 94 valence electrons. The summed E-state index contributed by atoms with van der Waals surface area (Å²) in [5.74, 6) is 2.47. The molecule has 1 heterocycles. The predicted molar refractivity (Wildman–Crippen MR) is 76.6 cm³/mol. The fourth-order valence-electron chi connectivity index (χ4n) is 2.48. The number of hydrogen-bond acceptors (Lipinski definition) is 3. The second-order valence-electron chi connectivity index (χ2n) is 4.76. The average molecular weight is 250 g/mol. The molecular formula is C14H22N2S. The summed E-state index contributed by atoms with van der Waals surface area (Å²) in [5.41, 5.74) is 10.1. The highest BCUT2D eigenvalue weighted by molar-refractivity contribution is 7.99. The number of nitrogens with two attached hydrogens (primary N) is 1. The molecule has 1 aliphatic rings. The first-order valence-electron chi connectivity index (χ1n) is 6.31. The summed E-state index contributed by atoms with van der Waals surface area (Å²) < 4.78 is 0. The third kappa shape index (κ3) is 3.03. The molecular weight excluding hydrogens is 228 g/mol. The van der Waals surface area contributed by atoms with Crippen molar-refractivity contribution in [2.75, 3.05) is 31.1 Å². The number of nitrogens with zero attached hydrogens (tertiary/aromatic N) is 1. The Kier molecular flexibility index (Phi) is 4.48. The van der Waals surface area contributed by atoms with Crippen molar-refractivity contribution in [1.82, 2.24) is 4.90 Å². The van der Waals surface area contributed by atoms with Gasteiger partial charge in [0.1, 0.15) is 0 Å². The molecule has 2 rings (SSSR count). The molecule has 1 aliphatic heterocycles. The van der Waals surface area contributed by atoms with Gasteiger partial charge in [0, 0.05) is 37.2 Å². The molecule has 0 saturated carbocycles. The summed E-state index contributed by atoms with van der Waals surface area (Å²) in [6.07, 6.45) is 0. The average Bonchev–Trinajstić information content (AvgIpc) is 2.36. The van der Waals surface area contributed by atoms with Crippen LogP contribution in [0.4, 0.5) is 0 Å². The highest BCUT2D eigenvalue weighted by Crippen LogP contribution is 2.26. The lowest BCUT2D eigenvalue weighted by Crippen LogP contribution is -2.39. The molecule has 1 atom stereocenters. The zero-order valence-electron chi connectivity index (χ0n) is 10.8. The van der Waals surface area contributed by atoms with E-state index in [0.29, 0.717) is 6.04 Å². The van der Waals surface area contributed by atoms with E-state index in [2.05, 4.69) is 36.9 Å². The van der Waals surface area contributed by atoms with Gasteiger partial charge in [0.15, 0.2) is 0 Å². The van der Waals surface area contributed by atoms with Crippen LogP contribution in [-0.2, 0) is 0 Å². The van der Waals surface area contributed by atoms with E-state index in [1.165, 1.54) is 41.3 Å². The molecule has 0 spiro atoms. The van der Waals surface area contributed by atoms with E-state index >= 15 is 0 Å². The van der Waals surface area contributed by atoms with Crippen molar-refractivity contribution >= 4 is 11.8 Å². The van der Waals surface area contributed by atoms with Crippen molar-refractivity contribution < 1.29 is 0 Å².